The maximum atomic E-state index is 12.7. The fraction of sp³-hybridized carbons (Fsp3) is 0.611. The molecule has 24 heavy (non-hydrogen) atoms. The lowest BCUT2D eigenvalue weighted by Gasteiger charge is -2.28. The van der Waals surface area contributed by atoms with Crippen LogP contribution in [0.5, 0.6) is 5.75 Å². The molecule has 1 fully saturated rings. The average molecular weight is 356 g/mol. The number of benzene rings is 1. The summed E-state index contributed by atoms with van der Waals surface area (Å²) in [5.41, 5.74) is -0.146. The predicted molar refractivity (Wildman–Crippen MR) is 94.8 cm³/mol. The molecule has 134 valence electrons. The second kappa shape index (κ2) is 8.70. The van der Waals surface area contributed by atoms with Crippen molar-refractivity contribution in [1.29, 1.82) is 0 Å². The first kappa shape index (κ1) is 19.0. The van der Waals surface area contributed by atoms with E-state index in [4.69, 9.17) is 25.8 Å². The molecule has 0 radical (unpaired) electrons. The number of hydrogen-bond acceptors (Lipinski definition) is 4. The van der Waals surface area contributed by atoms with Crippen LogP contribution < -0.4 is 10.1 Å². The highest BCUT2D eigenvalue weighted by atomic mass is 35.5. The molecule has 1 amide bonds. The highest BCUT2D eigenvalue weighted by Gasteiger charge is 2.48. The third-order valence-electron chi connectivity index (χ3n) is 4.15. The number of carbonyl (C=O) groups excluding carboxylic acids is 1. The minimum absolute atomic E-state index is 0.123. The van der Waals surface area contributed by atoms with Gasteiger partial charge in [-0.2, -0.15) is 0 Å². The van der Waals surface area contributed by atoms with Gasteiger partial charge in [-0.25, -0.2) is 0 Å². The van der Waals surface area contributed by atoms with E-state index in [9.17, 15) is 4.79 Å². The van der Waals surface area contributed by atoms with E-state index in [1.807, 2.05) is 13.8 Å². The number of methoxy groups -OCH3 is 1. The normalized spacial score (nSPS) is 16.5. The molecule has 0 heterocycles. The van der Waals surface area contributed by atoms with Crippen molar-refractivity contribution in [3.63, 3.8) is 0 Å². The fourth-order valence-electron chi connectivity index (χ4n) is 2.50. The molecule has 2 rings (SSSR count). The van der Waals surface area contributed by atoms with Crippen LogP contribution in [-0.2, 0) is 14.3 Å². The van der Waals surface area contributed by atoms with Gasteiger partial charge in [-0.15, -0.1) is 0 Å². The molecule has 1 aliphatic carbocycles. The molecule has 0 aromatic heterocycles. The van der Waals surface area contributed by atoms with Crippen molar-refractivity contribution < 1.29 is 19.0 Å². The summed E-state index contributed by atoms with van der Waals surface area (Å²) in [6.07, 6.45) is 2.94. The van der Waals surface area contributed by atoms with E-state index in [2.05, 4.69) is 5.32 Å². The molecule has 1 N–H and O–H groups in total. The van der Waals surface area contributed by atoms with Crippen molar-refractivity contribution in [2.45, 2.75) is 38.7 Å². The van der Waals surface area contributed by atoms with E-state index in [0.29, 0.717) is 36.3 Å². The third kappa shape index (κ3) is 4.85. The summed E-state index contributed by atoms with van der Waals surface area (Å²) in [5.74, 6) is 0.734. The molecule has 5 nitrogen and oxygen atoms in total. The van der Waals surface area contributed by atoms with Gasteiger partial charge in [-0.05, 0) is 50.3 Å². The van der Waals surface area contributed by atoms with Crippen molar-refractivity contribution in [3.8, 4) is 5.75 Å². The smallest absolute Gasteiger partial charge is 0.256 e. The maximum absolute atomic E-state index is 12.7. The summed E-state index contributed by atoms with van der Waals surface area (Å²) in [5, 5.41) is 3.37. The zero-order valence-corrected chi connectivity index (χ0v) is 15.3. The highest BCUT2D eigenvalue weighted by Crippen LogP contribution is 2.42. The molecule has 0 spiro atoms. The van der Waals surface area contributed by atoms with Crippen LogP contribution in [0, 0.1) is 5.92 Å². The van der Waals surface area contributed by atoms with Gasteiger partial charge in [0.1, 0.15) is 18.0 Å². The largest absolute Gasteiger partial charge is 0.490 e. The molecule has 6 heteroatoms. The first-order valence-electron chi connectivity index (χ1n) is 8.38. The number of halogens is 1. The van der Waals surface area contributed by atoms with Gasteiger partial charge < -0.3 is 19.5 Å². The molecule has 0 saturated heterocycles. The van der Waals surface area contributed by atoms with Crippen LogP contribution in [0.15, 0.2) is 18.2 Å². The Morgan fingerprint density at radius 2 is 2.08 bits per heavy atom. The van der Waals surface area contributed by atoms with Gasteiger partial charge >= 0.3 is 0 Å². The zero-order chi connectivity index (χ0) is 17.6. The Kier molecular flexibility index (Phi) is 6.90. The summed E-state index contributed by atoms with van der Waals surface area (Å²) in [4.78, 5) is 12.7. The summed E-state index contributed by atoms with van der Waals surface area (Å²) in [6.45, 7) is 5.40. The van der Waals surface area contributed by atoms with Crippen molar-refractivity contribution >= 4 is 23.2 Å². The summed E-state index contributed by atoms with van der Waals surface area (Å²) in [7, 11) is 1.61. The monoisotopic (exact) mass is 355 g/mol. The minimum atomic E-state index is -0.782. The van der Waals surface area contributed by atoms with Gasteiger partial charge in [0.05, 0.1) is 11.6 Å². The Bertz CT molecular complexity index is 562. The van der Waals surface area contributed by atoms with Gasteiger partial charge in [0.25, 0.3) is 5.91 Å². The van der Waals surface area contributed by atoms with Crippen LogP contribution in [0.3, 0.4) is 0 Å². The van der Waals surface area contributed by atoms with Crippen molar-refractivity contribution in [1.82, 2.24) is 0 Å². The minimum Gasteiger partial charge on any atom is -0.490 e. The Morgan fingerprint density at radius 3 is 2.67 bits per heavy atom. The first-order chi connectivity index (χ1) is 11.5. The van der Waals surface area contributed by atoms with Crippen LogP contribution in [0.4, 0.5) is 5.69 Å². The molecule has 1 unspecified atom stereocenters. The topological polar surface area (TPSA) is 56.8 Å². The van der Waals surface area contributed by atoms with E-state index >= 15 is 0 Å². The lowest BCUT2D eigenvalue weighted by Crippen LogP contribution is -2.45. The van der Waals surface area contributed by atoms with E-state index in [-0.39, 0.29) is 11.8 Å². The van der Waals surface area contributed by atoms with Crippen LogP contribution in [0.1, 0.15) is 33.1 Å². The predicted octanol–water partition coefficient (Wildman–Crippen LogP) is 3.90. The van der Waals surface area contributed by atoms with Gasteiger partial charge in [0.2, 0.25) is 0 Å². The van der Waals surface area contributed by atoms with Crippen LogP contribution in [0.2, 0.25) is 5.02 Å². The molecular formula is C18H26ClNO4. The zero-order valence-electron chi connectivity index (χ0n) is 14.6. The number of hydrogen-bond donors (Lipinski definition) is 1. The maximum Gasteiger partial charge on any atom is 0.256 e. The summed E-state index contributed by atoms with van der Waals surface area (Å²) in [6, 6.07) is 5.21. The van der Waals surface area contributed by atoms with Gasteiger partial charge in [0.15, 0.2) is 0 Å². The van der Waals surface area contributed by atoms with Crippen molar-refractivity contribution in [2.24, 2.45) is 5.92 Å². The molecule has 1 aromatic carbocycles. The number of ether oxygens (including phenoxy) is 3. The standard InChI is InChI=1S/C18H26ClNO4/c1-4-9-24-18(2,13-5-6-13)17(21)20-14-7-8-16(15(19)12-14)23-11-10-22-3/h7-8,12-13H,4-6,9-11H2,1-3H3,(H,20,21). The van der Waals surface area contributed by atoms with Gasteiger partial charge in [-0.3, -0.25) is 4.79 Å². The number of anilines is 1. The van der Waals surface area contributed by atoms with E-state index in [1.165, 1.54) is 0 Å². The van der Waals surface area contributed by atoms with Crippen molar-refractivity contribution in [2.75, 3.05) is 32.2 Å². The molecule has 0 aliphatic heterocycles. The van der Waals surface area contributed by atoms with Crippen LogP contribution in [0.25, 0.3) is 0 Å². The fourth-order valence-corrected chi connectivity index (χ4v) is 2.74. The Labute approximate surface area is 148 Å². The molecule has 1 aromatic rings. The van der Waals surface area contributed by atoms with Gasteiger partial charge in [-0.1, -0.05) is 18.5 Å². The van der Waals surface area contributed by atoms with Crippen LogP contribution in [-0.4, -0.2) is 38.4 Å². The van der Waals surface area contributed by atoms with E-state index in [1.54, 1.807) is 25.3 Å². The number of rotatable bonds is 10. The number of carbonyl (C=O) groups is 1. The highest BCUT2D eigenvalue weighted by molar-refractivity contribution is 6.32. The second-order valence-corrected chi connectivity index (χ2v) is 6.58. The number of amides is 1. The van der Waals surface area contributed by atoms with E-state index in [0.717, 1.165) is 19.3 Å². The lowest BCUT2D eigenvalue weighted by atomic mass is 9.98. The van der Waals surface area contributed by atoms with Crippen LogP contribution >= 0.6 is 11.6 Å². The molecule has 1 aliphatic rings. The quantitative estimate of drug-likeness (QED) is 0.647. The Morgan fingerprint density at radius 1 is 1.33 bits per heavy atom. The Balaban J connectivity index is 2.01. The average Bonchev–Trinajstić information content (AvgIpc) is 3.40. The second-order valence-electron chi connectivity index (χ2n) is 6.17. The molecule has 1 saturated carbocycles. The third-order valence-corrected chi connectivity index (χ3v) is 4.44. The molecular weight excluding hydrogens is 330 g/mol. The molecule has 1 atom stereocenters. The molecule has 0 bridgehead atoms. The SMILES string of the molecule is CCCOC(C)(C(=O)Nc1ccc(OCCOC)c(Cl)c1)C1CC1. The summed E-state index contributed by atoms with van der Waals surface area (Å²) >= 11 is 6.22. The number of nitrogens with one attached hydrogen (secondary N) is 1. The first-order valence-corrected chi connectivity index (χ1v) is 8.75. The van der Waals surface area contributed by atoms with Crippen molar-refractivity contribution in [3.05, 3.63) is 23.2 Å². The Hall–Kier alpha value is -1.30. The van der Waals surface area contributed by atoms with Gasteiger partial charge in [0, 0.05) is 19.4 Å². The lowest BCUT2D eigenvalue weighted by molar-refractivity contribution is -0.142. The van der Waals surface area contributed by atoms with E-state index < -0.39 is 5.60 Å². The summed E-state index contributed by atoms with van der Waals surface area (Å²) < 4.78 is 16.3.